The normalized spacial score (nSPS) is 24.4. The van der Waals surface area contributed by atoms with Crippen molar-refractivity contribution in [1.29, 1.82) is 0 Å². The molecule has 2 aromatic carbocycles. The number of amides is 1. The third-order valence-corrected chi connectivity index (χ3v) is 13.8. The average molecular weight is 600 g/mol. The lowest BCUT2D eigenvalue weighted by Crippen LogP contribution is -2.74. The molecule has 10 heteroatoms. The highest BCUT2D eigenvalue weighted by Gasteiger charge is 2.73. The minimum absolute atomic E-state index is 0.0576. The number of carboxylic acids is 1. The second kappa shape index (κ2) is 12.7. The molecule has 1 amide bonds. The molecular formula is C32H45NO8Si. The zero-order valence-corrected chi connectivity index (χ0v) is 26.9. The van der Waals surface area contributed by atoms with Gasteiger partial charge >= 0.3 is 11.9 Å². The van der Waals surface area contributed by atoms with Gasteiger partial charge in [0.05, 0.1) is 25.2 Å². The van der Waals surface area contributed by atoms with E-state index < -0.39 is 61.0 Å². The molecule has 2 aromatic rings. The van der Waals surface area contributed by atoms with E-state index in [1.165, 1.54) is 28.0 Å². The number of benzene rings is 2. The van der Waals surface area contributed by atoms with E-state index in [-0.39, 0.29) is 18.9 Å². The van der Waals surface area contributed by atoms with Gasteiger partial charge in [0, 0.05) is 21.1 Å². The van der Waals surface area contributed by atoms with Crippen LogP contribution in [0.4, 0.5) is 0 Å². The first-order valence-corrected chi connectivity index (χ1v) is 16.2. The van der Waals surface area contributed by atoms with Crippen molar-refractivity contribution in [3.05, 3.63) is 60.7 Å². The number of likely N-dealkylation sites (tertiary alicyclic amines) is 1. The average Bonchev–Trinajstić information content (AvgIpc) is 3.09. The fourth-order valence-electron chi connectivity index (χ4n) is 6.55. The van der Waals surface area contributed by atoms with E-state index in [2.05, 4.69) is 20.8 Å². The van der Waals surface area contributed by atoms with Crippen LogP contribution < -0.4 is 10.4 Å². The number of carbonyl (C=O) groups excluding carboxylic acids is 2. The summed E-state index contributed by atoms with van der Waals surface area (Å²) < 4.78 is 18.0. The van der Waals surface area contributed by atoms with Crippen LogP contribution in [0.3, 0.4) is 0 Å². The molecule has 1 aliphatic rings. The van der Waals surface area contributed by atoms with Crippen molar-refractivity contribution < 1.29 is 38.5 Å². The molecule has 1 saturated heterocycles. The van der Waals surface area contributed by atoms with Crippen LogP contribution >= 0.6 is 0 Å². The third kappa shape index (κ3) is 5.53. The Labute approximate surface area is 249 Å². The summed E-state index contributed by atoms with van der Waals surface area (Å²) in [7, 11) is -0.480. The second-order valence-corrected chi connectivity index (χ2v) is 16.7. The van der Waals surface area contributed by atoms with Gasteiger partial charge in [-0.05, 0) is 27.8 Å². The van der Waals surface area contributed by atoms with E-state index in [4.69, 9.17) is 13.9 Å². The monoisotopic (exact) mass is 599 g/mol. The molecule has 42 heavy (non-hydrogen) atoms. The highest BCUT2D eigenvalue weighted by molar-refractivity contribution is 6.99. The van der Waals surface area contributed by atoms with Crippen LogP contribution in [0.15, 0.2) is 60.7 Å². The largest absolute Gasteiger partial charge is 0.479 e. The lowest BCUT2D eigenvalue weighted by Gasteiger charge is -2.50. The Kier molecular flexibility index (Phi) is 10.1. The molecule has 0 saturated carbocycles. The summed E-state index contributed by atoms with van der Waals surface area (Å²) in [5, 5.41) is 24.9. The van der Waals surface area contributed by atoms with Crippen LogP contribution in [0.25, 0.3) is 0 Å². The maximum atomic E-state index is 13.6. The Hall–Kier alpha value is -3.05. The molecule has 0 aromatic heterocycles. The Morgan fingerprint density at radius 1 is 1.05 bits per heavy atom. The number of rotatable bonds is 12. The van der Waals surface area contributed by atoms with Gasteiger partial charge in [0.2, 0.25) is 5.91 Å². The maximum absolute atomic E-state index is 13.6. The Morgan fingerprint density at radius 2 is 1.55 bits per heavy atom. The van der Waals surface area contributed by atoms with Gasteiger partial charge in [0.15, 0.2) is 5.54 Å². The highest BCUT2D eigenvalue weighted by Crippen LogP contribution is 2.49. The van der Waals surface area contributed by atoms with Gasteiger partial charge < -0.3 is 29.0 Å². The second-order valence-electron chi connectivity index (χ2n) is 12.4. The van der Waals surface area contributed by atoms with Crippen molar-refractivity contribution in [2.24, 2.45) is 11.8 Å². The molecule has 0 unspecified atom stereocenters. The number of aliphatic carboxylic acids is 1. The Morgan fingerprint density at radius 3 is 1.95 bits per heavy atom. The molecule has 230 valence electrons. The minimum atomic E-state index is -3.26. The number of methoxy groups -OCH3 is 1. The number of nitrogens with zero attached hydrogens (tertiary/aromatic N) is 1. The van der Waals surface area contributed by atoms with Crippen molar-refractivity contribution in [3.63, 3.8) is 0 Å². The molecule has 1 aliphatic heterocycles. The van der Waals surface area contributed by atoms with E-state index in [1.54, 1.807) is 0 Å². The predicted molar refractivity (Wildman–Crippen MR) is 162 cm³/mol. The molecule has 0 bridgehead atoms. The Balaban J connectivity index is 2.21. The highest BCUT2D eigenvalue weighted by atomic mass is 28.4. The number of hydrogen-bond donors (Lipinski definition) is 2. The molecule has 2 N–H and O–H groups in total. The molecule has 0 aliphatic carbocycles. The first kappa shape index (κ1) is 33.4. The summed E-state index contributed by atoms with van der Waals surface area (Å²) in [5.74, 6) is -3.77. The first-order valence-electron chi connectivity index (χ1n) is 14.3. The number of esters is 1. The minimum Gasteiger partial charge on any atom is -0.479 e. The fourth-order valence-corrected chi connectivity index (χ4v) is 11.1. The predicted octanol–water partition coefficient (Wildman–Crippen LogP) is 2.83. The van der Waals surface area contributed by atoms with Crippen molar-refractivity contribution in [2.45, 2.75) is 70.2 Å². The quantitative estimate of drug-likeness (QED) is 0.282. The molecule has 3 rings (SSSR count). The van der Waals surface area contributed by atoms with Gasteiger partial charge in [-0.3, -0.25) is 9.59 Å². The molecule has 5 atom stereocenters. The smallest absolute Gasteiger partial charge is 0.335 e. The summed E-state index contributed by atoms with van der Waals surface area (Å²) in [6, 6.07) is 19.5. The third-order valence-electron chi connectivity index (χ3n) is 8.83. The summed E-state index contributed by atoms with van der Waals surface area (Å²) in [6.07, 6.45) is -0.953. The van der Waals surface area contributed by atoms with Gasteiger partial charge in [-0.25, -0.2) is 4.79 Å². The van der Waals surface area contributed by atoms with Crippen LogP contribution in [0, 0.1) is 11.8 Å². The molecule has 1 fully saturated rings. The topological polar surface area (TPSA) is 123 Å². The van der Waals surface area contributed by atoms with E-state index >= 15 is 0 Å². The zero-order chi connectivity index (χ0) is 31.5. The molecule has 1 heterocycles. The van der Waals surface area contributed by atoms with Crippen LogP contribution in [0.2, 0.25) is 5.04 Å². The number of carbonyl (C=O) groups is 3. The van der Waals surface area contributed by atoms with Crippen LogP contribution in [-0.4, -0.2) is 85.9 Å². The standard InChI is InChI=1S/C32H45NO8Si/c1-22(20-40-24(3)34)19-27(39-8)32(38)23(2)28(35)33(7)31(32,29(36)37)21-41-42(30(4,5)6,25-15-11-9-12-16-25)26-17-13-10-14-18-26/h9-18,22-23,27,38H,19-21H2,1-8H3,(H,36,37)/t22-,23+,27+,31-,32-/m1/s1. The van der Waals surface area contributed by atoms with Crippen LogP contribution in [-0.2, 0) is 28.3 Å². The number of ether oxygens (including phenoxy) is 2. The van der Waals surface area contributed by atoms with Gasteiger partial charge in [0.25, 0.3) is 8.32 Å². The number of likely N-dealkylation sites (N-methyl/N-ethyl adjacent to an activating group) is 1. The molecule has 9 nitrogen and oxygen atoms in total. The molecule has 0 spiro atoms. The maximum Gasteiger partial charge on any atom is 0.335 e. The van der Waals surface area contributed by atoms with Gasteiger partial charge in [0.1, 0.15) is 5.60 Å². The van der Waals surface area contributed by atoms with E-state index in [0.29, 0.717) is 0 Å². The van der Waals surface area contributed by atoms with Crippen molar-refractivity contribution in [2.75, 3.05) is 27.4 Å². The van der Waals surface area contributed by atoms with Crippen LogP contribution in [0.5, 0.6) is 0 Å². The van der Waals surface area contributed by atoms with E-state index in [0.717, 1.165) is 15.3 Å². The van der Waals surface area contributed by atoms with Crippen molar-refractivity contribution in [3.8, 4) is 0 Å². The van der Waals surface area contributed by atoms with Crippen molar-refractivity contribution in [1.82, 2.24) is 4.90 Å². The lowest BCUT2D eigenvalue weighted by atomic mass is 9.70. The summed E-state index contributed by atoms with van der Waals surface area (Å²) >= 11 is 0. The summed E-state index contributed by atoms with van der Waals surface area (Å²) in [6.45, 7) is 10.4. The fraction of sp³-hybridized carbons (Fsp3) is 0.531. The Bertz CT molecular complexity index is 1210. The van der Waals surface area contributed by atoms with Crippen LogP contribution in [0.1, 0.15) is 48.0 Å². The molecular weight excluding hydrogens is 554 g/mol. The number of hydrogen-bond acceptors (Lipinski definition) is 7. The molecule has 0 radical (unpaired) electrons. The zero-order valence-electron chi connectivity index (χ0n) is 25.9. The van der Waals surface area contributed by atoms with Gasteiger partial charge in [-0.15, -0.1) is 0 Å². The van der Waals surface area contributed by atoms with Gasteiger partial charge in [-0.1, -0.05) is 95.3 Å². The van der Waals surface area contributed by atoms with E-state index in [9.17, 15) is 24.6 Å². The summed E-state index contributed by atoms with van der Waals surface area (Å²) in [4.78, 5) is 39.5. The number of carboxylic acid groups (broad SMARTS) is 1. The summed E-state index contributed by atoms with van der Waals surface area (Å²) in [5.41, 5.74) is -4.37. The number of aliphatic hydroxyl groups is 1. The van der Waals surface area contributed by atoms with E-state index in [1.807, 2.05) is 67.6 Å². The van der Waals surface area contributed by atoms with Gasteiger partial charge in [-0.2, -0.15) is 0 Å². The lowest BCUT2D eigenvalue weighted by molar-refractivity contribution is -0.197. The SMILES string of the molecule is CO[C@@H](C[C@@H](C)COC(C)=O)[C@]1(O)[C@@H](C)C(=O)N(C)[C@]1(CO[Si](c1ccccc1)(c1ccccc1)C(C)(C)C)C(=O)O. The first-order chi connectivity index (χ1) is 19.6. The van der Waals surface area contributed by atoms with Crippen molar-refractivity contribution >= 4 is 36.5 Å².